The van der Waals surface area contributed by atoms with Crippen LogP contribution in [0.1, 0.15) is 36.7 Å². The van der Waals surface area contributed by atoms with Crippen LogP contribution in [0.4, 0.5) is 15.9 Å². The Kier molecular flexibility index (Phi) is 7.34. The number of hydrogen-bond donors (Lipinski definition) is 3. The number of aromatic amines is 1. The monoisotopic (exact) mass is 533 g/mol. The maximum absolute atomic E-state index is 15.3. The number of carbonyl (C=O) groups is 1. The van der Waals surface area contributed by atoms with Crippen LogP contribution in [0.3, 0.4) is 0 Å². The van der Waals surface area contributed by atoms with Gasteiger partial charge in [-0.05, 0) is 44.5 Å². The summed E-state index contributed by atoms with van der Waals surface area (Å²) in [5, 5.41) is 13.9. The first-order valence-electron chi connectivity index (χ1n) is 12.9. The summed E-state index contributed by atoms with van der Waals surface area (Å²) >= 11 is 0. The molecule has 1 fully saturated rings. The van der Waals surface area contributed by atoms with Gasteiger partial charge in [-0.15, -0.1) is 0 Å². The van der Waals surface area contributed by atoms with Crippen molar-refractivity contribution in [3.05, 3.63) is 53.5 Å². The molecule has 1 aliphatic rings. The number of methoxy groups -OCH3 is 2. The molecular weight excluding hydrogens is 501 g/mol. The second-order valence-corrected chi connectivity index (χ2v) is 9.71. The van der Waals surface area contributed by atoms with E-state index < -0.39 is 5.82 Å². The molecule has 39 heavy (non-hydrogen) atoms. The maximum atomic E-state index is 15.3. The van der Waals surface area contributed by atoms with Gasteiger partial charge in [0.1, 0.15) is 5.75 Å². The molecule has 0 unspecified atom stereocenters. The zero-order valence-corrected chi connectivity index (χ0v) is 22.6. The van der Waals surface area contributed by atoms with E-state index >= 15 is 4.39 Å². The molecule has 1 amide bonds. The third-order valence-electron chi connectivity index (χ3n) is 6.92. The number of piperazine rings is 1. The van der Waals surface area contributed by atoms with E-state index in [-0.39, 0.29) is 28.9 Å². The highest BCUT2D eigenvalue weighted by atomic mass is 19.1. The number of anilines is 2. The second kappa shape index (κ2) is 10.9. The predicted octanol–water partition coefficient (Wildman–Crippen LogP) is 4.18. The fourth-order valence-corrected chi connectivity index (χ4v) is 5.13. The molecule has 10 nitrogen and oxygen atoms in total. The second-order valence-electron chi connectivity index (χ2n) is 9.71. The van der Waals surface area contributed by atoms with Crippen LogP contribution < -0.4 is 25.0 Å². The number of fused-ring (bicyclic) bond motifs is 1. The van der Waals surface area contributed by atoms with Crippen LogP contribution in [-0.2, 0) is 6.42 Å². The number of halogens is 1. The Morgan fingerprint density at radius 1 is 1.13 bits per heavy atom. The van der Waals surface area contributed by atoms with Gasteiger partial charge in [-0.25, -0.2) is 14.4 Å². The number of nitrogens with one attached hydrogen (secondary N) is 3. The number of carbonyl (C=O) groups excluding carboxylic acids is 1. The molecule has 0 saturated carbocycles. The van der Waals surface area contributed by atoms with Crippen LogP contribution in [0, 0.1) is 5.82 Å². The van der Waals surface area contributed by atoms with Crippen LogP contribution >= 0.6 is 0 Å². The standard InChI is InChI=1S/C28H32FN7O3/c1-6-19-21(38-4)11-22(39-5)24(29)23(19)27-30-12-20-25(32-27)34-35-26(20)33-28(37)17-7-9-18(10-8-17)36-13-15(2)31-16(3)14-36/h7-12,15-16,31H,6,13-14H2,1-5H3,(H2,30,32,33,34,35,37)/t15-,16+. The third-order valence-corrected chi connectivity index (χ3v) is 6.92. The van der Waals surface area contributed by atoms with Crippen molar-refractivity contribution < 1.29 is 18.7 Å². The third kappa shape index (κ3) is 5.09. The number of ether oxygens (including phenoxy) is 2. The summed E-state index contributed by atoms with van der Waals surface area (Å²) in [6, 6.07) is 9.82. The van der Waals surface area contributed by atoms with Crippen LogP contribution in [0.25, 0.3) is 22.4 Å². The number of amides is 1. The van der Waals surface area contributed by atoms with Crippen molar-refractivity contribution in [1.82, 2.24) is 25.5 Å². The smallest absolute Gasteiger partial charge is 0.256 e. The van der Waals surface area contributed by atoms with E-state index in [4.69, 9.17) is 9.47 Å². The number of rotatable bonds is 7. The number of benzene rings is 2. The fourth-order valence-electron chi connectivity index (χ4n) is 5.13. The lowest BCUT2D eigenvalue weighted by Crippen LogP contribution is -2.54. The van der Waals surface area contributed by atoms with Gasteiger partial charge in [0, 0.05) is 54.3 Å². The molecule has 4 aromatic rings. The van der Waals surface area contributed by atoms with E-state index in [1.807, 2.05) is 19.1 Å². The molecule has 11 heteroatoms. The van der Waals surface area contributed by atoms with Crippen molar-refractivity contribution >= 4 is 28.4 Å². The van der Waals surface area contributed by atoms with Crippen LogP contribution in [-0.4, -0.2) is 65.5 Å². The molecular formula is C28H32FN7O3. The molecule has 2 aromatic heterocycles. The van der Waals surface area contributed by atoms with Crippen molar-refractivity contribution in [3.63, 3.8) is 0 Å². The van der Waals surface area contributed by atoms with E-state index in [9.17, 15) is 4.79 Å². The SMILES string of the molecule is CCc1c(OC)cc(OC)c(F)c1-c1ncc2c(NC(=O)c3ccc(N4C[C@@H](C)N[C@@H](C)C4)cc3)n[nH]c2n1. The van der Waals surface area contributed by atoms with Crippen LogP contribution in [0.2, 0.25) is 0 Å². The molecule has 0 aliphatic carbocycles. The summed E-state index contributed by atoms with van der Waals surface area (Å²) in [7, 11) is 2.91. The number of nitrogens with zero attached hydrogens (tertiary/aromatic N) is 4. The highest BCUT2D eigenvalue weighted by Crippen LogP contribution is 2.38. The molecule has 2 atom stereocenters. The van der Waals surface area contributed by atoms with E-state index in [0.29, 0.717) is 46.4 Å². The van der Waals surface area contributed by atoms with Crippen molar-refractivity contribution in [2.75, 3.05) is 37.5 Å². The Morgan fingerprint density at radius 3 is 2.46 bits per heavy atom. The summed E-state index contributed by atoms with van der Waals surface area (Å²) in [6.45, 7) is 8.04. The summed E-state index contributed by atoms with van der Waals surface area (Å²) in [5.41, 5.74) is 2.75. The average Bonchev–Trinajstić information content (AvgIpc) is 3.33. The average molecular weight is 534 g/mol. The van der Waals surface area contributed by atoms with Gasteiger partial charge in [-0.3, -0.25) is 9.89 Å². The summed E-state index contributed by atoms with van der Waals surface area (Å²) in [4.78, 5) is 24.2. The molecule has 0 spiro atoms. The quantitative estimate of drug-likeness (QED) is 0.324. The number of hydrogen-bond acceptors (Lipinski definition) is 8. The molecule has 0 bridgehead atoms. The fraction of sp³-hybridized carbons (Fsp3) is 0.357. The summed E-state index contributed by atoms with van der Waals surface area (Å²) < 4.78 is 26.0. The van der Waals surface area contributed by atoms with Gasteiger partial charge in [0.25, 0.3) is 5.91 Å². The minimum absolute atomic E-state index is 0.0345. The molecule has 1 saturated heterocycles. The van der Waals surface area contributed by atoms with E-state index in [0.717, 1.165) is 18.8 Å². The largest absolute Gasteiger partial charge is 0.496 e. The van der Waals surface area contributed by atoms with Crippen molar-refractivity contribution in [2.45, 2.75) is 39.3 Å². The van der Waals surface area contributed by atoms with E-state index in [2.05, 4.69) is 49.5 Å². The lowest BCUT2D eigenvalue weighted by Gasteiger charge is -2.37. The highest BCUT2D eigenvalue weighted by molar-refractivity contribution is 6.07. The van der Waals surface area contributed by atoms with Gasteiger partial charge in [-0.2, -0.15) is 5.10 Å². The highest BCUT2D eigenvalue weighted by Gasteiger charge is 2.24. The van der Waals surface area contributed by atoms with Crippen LogP contribution in [0.5, 0.6) is 11.5 Å². The Bertz CT molecular complexity index is 1500. The van der Waals surface area contributed by atoms with Gasteiger partial charge in [0.05, 0.1) is 25.2 Å². The first-order valence-corrected chi connectivity index (χ1v) is 12.9. The van der Waals surface area contributed by atoms with Gasteiger partial charge in [-0.1, -0.05) is 6.92 Å². The van der Waals surface area contributed by atoms with Gasteiger partial charge >= 0.3 is 0 Å². The summed E-state index contributed by atoms with van der Waals surface area (Å²) in [6.07, 6.45) is 2.01. The molecule has 3 N–H and O–H groups in total. The van der Waals surface area contributed by atoms with Gasteiger partial charge in [0.15, 0.2) is 28.9 Å². The Hall–Kier alpha value is -4.25. The van der Waals surface area contributed by atoms with Crippen LogP contribution in [0.15, 0.2) is 36.5 Å². The Labute approximate surface area is 225 Å². The lowest BCUT2D eigenvalue weighted by atomic mass is 10.0. The predicted molar refractivity (Wildman–Crippen MR) is 148 cm³/mol. The first kappa shape index (κ1) is 26.4. The molecule has 3 heterocycles. The Morgan fingerprint density at radius 2 is 1.82 bits per heavy atom. The zero-order valence-electron chi connectivity index (χ0n) is 22.6. The molecule has 2 aromatic carbocycles. The van der Waals surface area contributed by atoms with Crippen molar-refractivity contribution in [2.24, 2.45) is 0 Å². The van der Waals surface area contributed by atoms with Gasteiger partial charge in [0.2, 0.25) is 0 Å². The minimum atomic E-state index is -0.573. The van der Waals surface area contributed by atoms with Crippen molar-refractivity contribution in [3.8, 4) is 22.9 Å². The van der Waals surface area contributed by atoms with Crippen molar-refractivity contribution in [1.29, 1.82) is 0 Å². The Balaban J connectivity index is 1.39. The minimum Gasteiger partial charge on any atom is -0.496 e. The normalized spacial score (nSPS) is 17.3. The first-order chi connectivity index (χ1) is 18.8. The molecule has 5 rings (SSSR count). The zero-order chi connectivity index (χ0) is 27.7. The molecule has 204 valence electrons. The molecule has 0 radical (unpaired) electrons. The molecule has 1 aliphatic heterocycles. The number of aromatic nitrogens is 4. The number of H-pyrrole nitrogens is 1. The maximum Gasteiger partial charge on any atom is 0.256 e. The van der Waals surface area contributed by atoms with E-state index in [1.54, 1.807) is 12.1 Å². The lowest BCUT2D eigenvalue weighted by molar-refractivity contribution is 0.102. The summed E-state index contributed by atoms with van der Waals surface area (Å²) in [5.74, 6) is 0.0810. The van der Waals surface area contributed by atoms with E-state index in [1.165, 1.54) is 26.5 Å². The van der Waals surface area contributed by atoms with Gasteiger partial charge < -0.3 is 25.0 Å². The topological polar surface area (TPSA) is 117 Å².